The standard InChI is InChI=1S/C20H19ClN4S/c1-2-12-26-20-22-13-19(25(20)15-16-6-4-3-5-7-16)14-23-24-18-10-8-17(21)9-11-18/h2-11,13-14,24H,1,12,15H2. The Hall–Kier alpha value is -2.50. The first-order valence-electron chi connectivity index (χ1n) is 8.14. The Bertz CT molecular complexity index is 873. The van der Waals surface area contributed by atoms with Gasteiger partial charge in [-0.15, -0.1) is 6.58 Å². The van der Waals surface area contributed by atoms with Crippen LogP contribution in [0.15, 0.2) is 83.7 Å². The van der Waals surface area contributed by atoms with Gasteiger partial charge in [0.1, 0.15) is 0 Å². The van der Waals surface area contributed by atoms with Crippen molar-refractivity contribution in [3.05, 3.63) is 89.7 Å². The molecule has 0 unspecified atom stereocenters. The van der Waals surface area contributed by atoms with Gasteiger partial charge in [0.15, 0.2) is 5.16 Å². The second kappa shape index (κ2) is 9.27. The molecule has 1 heterocycles. The third-order valence-electron chi connectivity index (χ3n) is 3.60. The van der Waals surface area contributed by atoms with E-state index in [1.54, 1.807) is 18.0 Å². The minimum absolute atomic E-state index is 0.698. The number of hydrogen-bond acceptors (Lipinski definition) is 4. The minimum Gasteiger partial charge on any atom is -0.314 e. The molecule has 0 radical (unpaired) electrons. The number of imidazole rings is 1. The van der Waals surface area contributed by atoms with Crippen molar-refractivity contribution in [2.75, 3.05) is 11.2 Å². The number of nitrogens with one attached hydrogen (secondary N) is 1. The Balaban J connectivity index is 1.78. The summed E-state index contributed by atoms with van der Waals surface area (Å²) in [6, 6.07) is 17.7. The maximum absolute atomic E-state index is 5.90. The van der Waals surface area contributed by atoms with Gasteiger partial charge < -0.3 is 4.57 Å². The van der Waals surface area contributed by atoms with Crippen molar-refractivity contribution in [2.45, 2.75) is 11.7 Å². The Kier molecular flexibility index (Phi) is 6.52. The Labute approximate surface area is 162 Å². The second-order valence-corrected chi connectivity index (χ2v) is 6.94. The molecule has 0 amide bonds. The molecule has 0 fully saturated rings. The maximum Gasteiger partial charge on any atom is 0.169 e. The van der Waals surface area contributed by atoms with Crippen molar-refractivity contribution >= 4 is 35.3 Å². The highest BCUT2D eigenvalue weighted by Gasteiger charge is 2.09. The van der Waals surface area contributed by atoms with Crippen LogP contribution >= 0.6 is 23.4 Å². The highest BCUT2D eigenvalue weighted by Crippen LogP contribution is 2.20. The average molecular weight is 383 g/mol. The molecule has 0 aliphatic rings. The van der Waals surface area contributed by atoms with Gasteiger partial charge in [0.05, 0.1) is 30.3 Å². The maximum atomic E-state index is 5.90. The molecule has 0 atom stereocenters. The average Bonchev–Trinajstić information content (AvgIpc) is 3.04. The van der Waals surface area contributed by atoms with Gasteiger partial charge in [0, 0.05) is 10.8 Å². The number of hydrogen-bond donors (Lipinski definition) is 1. The Morgan fingerprint density at radius 3 is 2.65 bits per heavy atom. The van der Waals surface area contributed by atoms with E-state index in [9.17, 15) is 0 Å². The summed E-state index contributed by atoms with van der Waals surface area (Å²) in [4.78, 5) is 4.53. The van der Waals surface area contributed by atoms with Gasteiger partial charge in [-0.05, 0) is 29.8 Å². The van der Waals surface area contributed by atoms with Gasteiger partial charge in [0.25, 0.3) is 0 Å². The normalized spacial score (nSPS) is 11.0. The summed E-state index contributed by atoms with van der Waals surface area (Å²) in [5, 5.41) is 5.97. The van der Waals surface area contributed by atoms with Crippen LogP contribution in [0.4, 0.5) is 5.69 Å². The molecule has 0 saturated carbocycles. The van der Waals surface area contributed by atoms with E-state index in [1.807, 2.05) is 54.7 Å². The summed E-state index contributed by atoms with van der Waals surface area (Å²) in [7, 11) is 0. The van der Waals surface area contributed by atoms with Crippen LogP contribution in [0.3, 0.4) is 0 Å². The van der Waals surface area contributed by atoms with E-state index in [4.69, 9.17) is 11.6 Å². The molecule has 0 aliphatic heterocycles. The number of anilines is 1. The van der Waals surface area contributed by atoms with Crippen LogP contribution in [0.5, 0.6) is 0 Å². The predicted octanol–water partition coefficient (Wildman–Crippen LogP) is 5.31. The van der Waals surface area contributed by atoms with Crippen molar-refractivity contribution in [2.24, 2.45) is 5.10 Å². The fourth-order valence-corrected chi connectivity index (χ4v) is 3.19. The molecule has 0 bridgehead atoms. The zero-order valence-corrected chi connectivity index (χ0v) is 15.7. The molecule has 3 rings (SSSR count). The predicted molar refractivity (Wildman–Crippen MR) is 111 cm³/mol. The van der Waals surface area contributed by atoms with Gasteiger partial charge in [-0.3, -0.25) is 5.43 Å². The quantitative estimate of drug-likeness (QED) is 0.248. The van der Waals surface area contributed by atoms with Crippen LogP contribution in [-0.2, 0) is 6.54 Å². The number of rotatable bonds is 8. The smallest absolute Gasteiger partial charge is 0.169 e. The molecule has 0 saturated heterocycles. The number of aromatic nitrogens is 2. The number of halogens is 1. The van der Waals surface area contributed by atoms with Crippen LogP contribution < -0.4 is 5.43 Å². The first-order chi connectivity index (χ1) is 12.8. The van der Waals surface area contributed by atoms with Gasteiger partial charge in [-0.2, -0.15) is 5.10 Å². The molecule has 0 aliphatic carbocycles. The van der Waals surface area contributed by atoms with Crippen molar-refractivity contribution in [1.82, 2.24) is 9.55 Å². The SMILES string of the molecule is C=CCSc1ncc(C=NNc2ccc(Cl)cc2)n1Cc1ccccc1. The van der Waals surface area contributed by atoms with Crippen molar-refractivity contribution in [3.8, 4) is 0 Å². The van der Waals surface area contributed by atoms with E-state index in [-0.39, 0.29) is 0 Å². The number of thioether (sulfide) groups is 1. The van der Waals surface area contributed by atoms with E-state index in [2.05, 4.69) is 38.8 Å². The largest absolute Gasteiger partial charge is 0.314 e. The Morgan fingerprint density at radius 1 is 1.15 bits per heavy atom. The topological polar surface area (TPSA) is 42.2 Å². The van der Waals surface area contributed by atoms with Gasteiger partial charge in [0.2, 0.25) is 0 Å². The lowest BCUT2D eigenvalue weighted by molar-refractivity contribution is 0.705. The van der Waals surface area contributed by atoms with Crippen LogP contribution in [0, 0.1) is 0 Å². The van der Waals surface area contributed by atoms with Crippen molar-refractivity contribution in [1.29, 1.82) is 0 Å². The monoisotopic (exact) mass is 382 g/mol. The van der Waals surface area contributed by atoms with E-state index in [0.29, 0.717) is 5.02 Å². The molecule has 3 aromatic rings. The minimum atomic E-state index is 0.698. The molecule has 26 heavy (non-hydrogen) atoms. The molecular formula is C20H19ClN4S. The van der Waals surface area contributed by atoms with E-state index in [0.717, 1.165) is 28.8 Å². The zero-order valence-electron chi connectivity index (χ0n) is 14.2. The zero-order chi connectivity index (χ0) is 18.2. The first kappa shape index (κ1) is 18.3. The Morgan fingerprint density at radius 2 is 1.92 bits per heavy atom. The molecule has 2 aromatic carbocycles. The summed E-state index contributed by atoms with van der Waals surface area (Å²) < 4.78 is 2.15. The lowest BCUT2D eigenvalue weighted by Crippen LogP contribution is -2.06. The third kappa shape index (κ3) is 5.00. The summed E-state index contributed by atoms with van der Waals surface area (Å²) in [5.74, 6) is 0.811. The van der Waals surface area contributed by atoms with Crippen LogP contribution in [-0.4, -0.2) is 21.5 Å². The number of hydrazone groups is 1. The van der Waals surface area contributed by atoms with Crippen LogP contribution in [0.1, 0.15) is 11.3 Å². The molecule has 1 N–H and O–H groups in total. The van der Waals surface area contributed by atoms with E-state index >= 15 is 0 Å². The lowest BCUT2D eigenvalue weighted by atomic mass is 10.2. The molecule has 4 nitrogen and oxygen atoms in total. The molecule has 0 spiro atoms. The molecule has 1 aromatic heterocycles. The van der Waals surface area contributed by atoms with Crippen LogP contribution in [0.2, 0.25) is 5.02 Å². The summed E-state index contributed by atoms with van der Waals surface area (Å²) in [6.45, 7) is 4.52. The summed E-state index contributed by atoms with van der Waals surface area (Å²) >= 11 is 7.55. The fourth-order valence-electron chi connectivity index (χ4n) is 2.35. The third-order valence-corrected chi connectivity index (χ3v) is 4.84. The van der Waals surface area contributed by atoms with E-state index < -0.39 is 0 Å². The molecule has 6 heteroatoms. The van der Waals surface area contributed by atoms with Gasteiger partial charge in [-0.25, -0.2) is 4.98 Å². The van der Waals surface area contributed by atoms with Crippen LogP contribution in [0.25, 0.3) is 0 Å². The van der Waals surface area contributed by atoms with Crippen molar-refractivity contribution < 1.29 is 0 Å². The fraction of sp³-hybridized carbons (Fsp3) is 0.100. The number of benzene rings is 2. The highest BCUT2D eigenvalue weighted by atomic mass is 35.5. The first-order valence-corrected chi connectivity index (χ1v) is 9.50. The summed E-state index contributed by atoms with van der Waals surface area (Å²) in [5.41, 5.74) is 6.03. The molecular weight excluding hydrogens is 364 g/mol. The summed E-state index contributed by atoms with van der Waals surface area (Å²) in [6.07, 6.45) is 5.49. The number of nitrogens with zero attached hydrogens (tertiary/aromatic N) is 3. The molecule has 132 valence electrons. The highest BCUT2D eigenvalue weighted by molar-refractivity contribution is 7.99. The van der Waals surface area contributed by atoms with Gasteiger partial charge in [-0.1, -0.05) is 59.8 Å². The second-order valence-electron chi connectivity index (χ2n) is 5.51. The van der Waals surface area contributed by atoms with Crippen molar-refractivity contribution in [3.63, 3.8) is 0 Å². The lowest BCUT2D eigenvalue weighted by Gasteiger charge is -2.09. The van der Waals surface area contributed by atoms with Gasteiger partial charge >= 0.3 is 0 Å². The van der Waals surface area contributed by atoms with E-state index in [1.165, 1.54) is 5.56 Å².